The number of nitrogens with one attached hydrogen (secondary N) is 2. The molecular formula is C16H16BrN3O. The number of aromatic nitrogens is 2. The van der Waals surface area contributed by atoms with E-state index in [1.54, 1.807) is 0 Å². The minimum Gasteiger partial charge on any atom is -0.460 e. The van der Waals surface area contributed by atoms with Gasteiger partial charge in [0.15, 0.2) is 5.76 Å². The molecule has 1 aromatic carbocycles. The van der Waals surface area contributed by atoms with Gasteiger partial charge in [-0.25, -0.2) is 0 Å². The Morgan fingerprint density at radius 3 is 2.86 bits per heavy atom. The zero-order valence-electron chi connectivity index (χ0n) is 11.9. The summed E-state index contributed by atoms with van der Waals surface area (Å²) in [5.41, 5.74) is 4.25. The Balaban J connectivity index is 1.80. The van der Waals surface area contributed by atoms with Crippen LogP contribution in [0, 0.1) is 13.8 Å². The van der Waals surface area contributed by atoms with Crippen LogP contribution in [-0.4, -0.2) is 10.2 Å². The number of hydrogen-bond donors (Lipinski definition) is 2. The molecule has 3 rings (SSSR count). The van der Waals surface area contributed by atoms with Gasteiger partial charge in [-0.15, -0.1) is 0 Å². The predicted molar refractivity (Wildman–Crippen MR) is 87.2 cm³/mol. The van der Waals surface area contributed by atoms with Crippen molar-refractivity contribution >= 4 is 21.6 Å². The molecule has 3 aromatic rings. The standard InChI is InChI=1S/C16H16BrN3O/c1-10-4-3-5-13(15(10)17)18-8-12-9-19-20-16(12)14-7-6-11(2)21-14/h3-7,9,18H,8H2,1-2H3,(H,19,20). The second-order valence-corrected chi connectivity index (χ2v) is 5.76. The maximum Gasteiger partial charge on any atom is 0.152 e. The molecule has 0 unspecified atom stereocenters. The largest absolute Gasteiger partial charge is 0.460 e. The minimum atomic E-state index is 0.674. The molecule has 108 valence electrons. The lowest BCUT2D eigenvalue weighted by atomic mass is 10.2. The van der Waals surface area contributed by atoms with E-state index in [1.807, 2.05) is 37.4 Å². The maximum absolute atomic E-state index is 5.66. The third kappa shape index (κ3) is 2.88. The van der Waals surface area contributed by atoms with Gasteiger partial charge in [0.2, 0.25) is 0 Å². The lowest BCUT2D eigenvalue weighted by Gasteiger charge is -2.10. The molecule has 2 aromatic heterocycles. The summed E-state index contributed by atoms with van der Waals surface area (Å²) in [5.74, 6) is 1.70. The first kappa shape index (κ1) is 13.9. The number of anilines is 1. The number of hydrogen-bond acceptors (Lipinski definition) is 3. The molecular weight excluding hydrogens is 330 g/mol. The van der Waals surface area contributed by atoms with Gasteiger partial charge in [-0.2, -0.15) is 5.10 Å². The highest BCUT2D eigenvalue weighted by atomic mass is 79.9. The normalized spacial score (nSPS) is 10.8. The highest BCUT2D eigenvalue weighted by Gasteiger charge is 2.11. The number of aryl methyl sites for hydroxylation is 2. The number of benzene rings is 1. The number of aromatic amines is 1. The molecule has 2 N–H and O–H groups in total. The van der Waals surface area contributed by atoms with Crippen LogP contribution in [-0.2, 0) is 6.54 Å². The molecule has 0 amide bonds. The van der Waals surface area contributed by atoms with Crippen LogP contribution in [0.5, 0.6) is 0 Å². The lowest BCUT2D eigenvalue weighted by molar-refractivity contribution is 0.545. The van der Waals surface area contributed by atoms with Crippen molar-refractivity contribution < 1.29 is 4.42 Å². The Bertz CT molecular complexity index is 760. The van der Waals surface area contributed by atoms with Gasteiger partial charge in [0.25, 0.3) is 0 Å². The van der Waals surface area contributed by atoms with E-state index in [0.29, 0.717) is 6.54 Å². The van der Waals surface area contributed by atoms with Gasteiger partial charge < -0.3 is 9.73 Å². The van der Waals surface area contributed by atoms with Gasteiger partial charge >= 0.3 is 0 Å². The second-order valence-electron chi connectivity index (χ2n) is 4.97. The SMILES string of the molecule is Cc1ccc(-c2[nH]ncc2CNc2cccc(C)c2Br)o1. The molecule has 0 fully saturated rings. The van der Waals surface area contributed by atoms with Gasteiger partial charge in [-0.3, -0.25) is 5.10 Å². The summed E-state index contributed by atoms with van der Waals surface area (Å²) in [6.07, 6.45) is 1.82. The monoisotopic (exact) mass is 345 g/mol. The van der Waals surface area contributed by atoms with Crippen LogP contribution in [0.2, 0.25) is 0 Å². The Kier molecular flexibility index (Phi) is 3.84. The summed E-state index contributed by atoms with van der Waals surface area (Å²) in [4.78, 5) is 0. The van der Waals surface area contributed by atoms with Crippen molar-refractivity contribution in [3.63, 3.8) is 0 Å². The highest BCUT2D eigenvalue weighted by molar-refractivity contribution is 9.10. The van der Waals surface area contributed by atoms with E-state index in [-0.39, 0.29) is 0 Å². The Hall–Kier alpha value is -2.01. The molecule has 4 nitrogen and oxygen atoms in total. The van der Waals surface area contributed by atoms with Crippen molar-refractivity contribution in [2.45, 2.75) is 20.4 Å². The third-order valence-electron chi connectivity index (χ3n) is 3.37. The molecule has 5 heteroatoms. The Morgan fingerprint density at radius 1 is 1.24 bits per heavy atom. The number of nitrogens with zero attached hydrogens (tertiary/aromatic N) is 1. The first-order chi connectivity index (χ1) is 10.1. The van der Waals surface area contributed by atoms with E-state index in [9.17, 15) is 0 Å². The zero-order chi connectivity index (χ0) is 14.8. The quantitative estimate of drug-likeness (QED) is 0.722. The van der Waals surface area contributed by atoms with Crippen LogP contribution in [0.1, 0.15) is 16.9 Å². The number of halogens is 1. The van der Waals surface area contributed by atoms with Crippen LogP contribution in [0.3, 0.4) is 0 Å². The summed E-state index contributed by atoms with van der Waals surface area (Å²) in [7, 11) is 0. The molecule has 0 aliphatic heterocycles. The van der Waals surface area contributed by atoms with Crippen molar-refractivity contribution in [1.29, 1.82) is 0 Å². The zero-order valence-corrected chi connectivity index (χ0v) is 13.5. The van der Waals surface area contributed by atoms with Gasteiger partial charge in [-0.1, -0.05) is 12.1 Å². The first-order valence-electron chi connectivity index (χ1n) is 6.73. The molecule has 0 aliphatic rings. The van der Waals surface area contributed by atoms with E-state index < -0.39 is 0 Å². The van der Waals surface area contributed by atoms with E-state index in [2.05, 4.69) is 44.4 Å². The molecule has 21 heavy (non-hydrogen) atoms. The molecule has 0 radical (unpaired) electrons. The number of furan rings is 1. The molecule has 0 bridgehead atoms. The van der Waals surface area contributed by atoms with Crippen LogP contribution in [0.25, 0.3) is 11.5 Å². The van der Waals surface area contributed by atoms with Gasteiger partial charge in [0, 0.05) is 22.3 Å². The second kappa shape index (κ2) is 5.77. The van der Waals surface area contributed by atoms with Crippen LogP contribution in [0.15, 0.2) is 45.4 Å². The van der Waals surface area contributed by atoms with Crippen molar-refractivity contribution in [2.24, 2.45) is 0 Å². The third-order valence-corrected chi connectivity index (χ3v) is 4.42. The summed E-state index contributed by atoms with van der Waals surface area (Å²) < 4.78 is 6.74. The van der Waals surface area contributed by atoms with Crippen molar-refractivity contribution in [3.05, 3.63) is 57.9 Å². The molecule has 0 spiro atoms. The van der Waals surface area contributed by atoms with E-state index in [0.717, 1.165) is 32.9 Å². The van der Waals surface area contributed by atoms with Gasteiger partial charge in [0.1, 0.15) is 11.5 Å². The minimum absolute atomic E-state index is 0.674. The predicted octanol–water partition coefficient (Wildman–Crippen LogP) is 4.66. The van der Waals surface area contributed by atoms with Crippen LogP contribution < -0.4 is 5.32 Å². The fourth-order valence-corrected chi connectivity index (χ4v) is 2.61. The summed E-state index contributed by atoms with van der Waals surface area (Å²) in [6, 6.07) is 10.1. The number of H-pyrrole nitrogens is 1. The molecule has 0 atom stereocenters. The summed E-state index contributed by atoms with van der Waals surface area (Å²) >= 11 is 3.61. The van der Waals surface area contributed by atoms with Crippen LogP contribution in [0.4, 0.5) is 5.69 Å². The first-order valence-corrected chi connectivity index (χ1v) is 7.52. The molecule has 0 saturated carbocycles. The Labute approximate surface area is 131 Å². The van der Waals surface area contributed by atoms with Gasteiger partial charge in [-0.05, 0) is 53.5 Å². The van der Waals surface area contributed by atoms with E-state index in [1.165, 1.54) is 5.56 Å². The van der Waals surface area contributed by atoms with Crippen LogP contribution >= 0.6 is 15.9 Å². The average Bonchev–Trinajstić information content (AvgIpc) is 3.09. The smallest absolute Gasteiger partial charge is 0.152 e. The topological polar surface area (TPSA) is 53.9 Å². The highest BCUT2D eigenvalue weighted by Crippen LogP contribution is 2.28. The van der Waals surface area contributed by atoms with E-state index >= 15 is 0 Å². The summed E-state index contributed by atoms with van der Waals surface area (Å²) in [6.45, 7) is 4.68. The average molecular weight is 346 g/mol. The fraction of sp³-hybridized carbons (Fsp3) is 0.188. The van der Waals surface area contributed by atoms with Gasteiger partial charge in [0.05, 0.1) is 6.20 Å². The molecule has 0 saturated heterocycles. The number of rotatable bonds is 4. The van der Waals surface area contributed by atoms with Crippen molar-refractivity contribution in [1.82, 2.24) is 10.2 Å². The Morgan fingerprint density at radius 2 is 2.10 bits per heavy atom. The molecule has 2 heterocycles. The fourth-order valence-electron chi connectivity index (χ4n) is 2.20. The maximum atomic E-state index is 5.66. The van der Waals surface area contributed by atoms with E-state index in [4.69, 9.17) is 4.42 Å². The lowest BCUT2D eigenvalue weighted by Crippen LogP contribution is -2.01. The molecule has 0 aliphatic carbocycles. The van der Waals surface area contributed by atoms with Crippen molar-refractivity contribution in [2.75, 3.05) is 5.32 Å². The van der Waals surface area contributed by atoms with Crippen molar-refractivity contribution in [3.8, 4) is 11.5 Å². The summed E-state index contributed by atoms with van der Waals surface area (Å²) in [5, 5.41) is 10.6.